The molecular formula is C24H17N3O3S2. The second kappa shape index (κ2) is 7.96. The number of hydrogen-bond acceptors (Lipinski definition) is 7. The highest BCUT2D eigenvalue weighted by Gasteiger charge is 2.19. The maximum absolute atomic E-state index is 13.6. The third-order valence-electron chi connectivity index (χ3n) is 5.31. The summed E-state index contributed by atoms with van der Waals surface area (Å²) in [6, 6.07) is 19.8. The molecule has 0 radical (unpaired) electrons. The number of thiophene rings is 1. The van der Waals surface area contributed by atoms with Gasteiger partial charge in [0.2, 0.25) is 6.79 Å². The van der Waals surface area contributed by atoms with Crippen LogP contribution in [-0.4, -0.2) is 21.3 Å². The quantitative estimate of drug-likeness (QED) is 0.270. The summed E-state index contributed by atoms with van der Waals surface area (Å²) >= 11 is 2.96. The van der Waals surface area contributed by atoms with Crippen LogP contribution in [-0.2, 0) is 12.3 Å². The van der Waals surface area contributed by atoms with Crippen molar-refractivity contribution in [1.82, 2.24) is 14.5 Å². The predicted molar refractivity (Wildman–Crippen MR) is 127 cm³/mol. The minimum absolute atomic E-state index is 0.0498. The van der Waals surface area contributed by atoms with Crippen LogP contribution in [0.3, 0.4) is 0 Å². The zero-order valence-electron chi connectivity index (χ0n) is 16.9. The summed E-state index contributed by atoms with van der Waals surface area (Å²) in [4.78, 5) is 23.8. The van der Waals surface area contributed by atoms with E-state index in [9.17, 15) is 4.79 Å². The van der Waals surface area contributed by atoms with Gasteiger partial charge in [-0.25, -0.2) is 9.97 Å². The number of benzene rings is 2. The maximum atomic E-state index is 13.6. The van der Waals surface area contributed by atoms with Crippen molar-refractivity contribution in [3.05, 3.63) is 88.3 Å². The van der Waals surface area contributed by atoms with E-state index in [1.807, 2.05) is 48.5 Å². The summed E-state index contributed by atoms with van der Waals surface area (Å²) in [7, 11) is 0. The number of aromatic nitrogens is 3. The lowest BCUT2D eigenvalue weighted by molar-refractivity contribution is 0.174. The van der Waals surface area contributed by atoms with E-state index in [1.54, 1.807) is 22.5 Å². The van der Waals surface area contributed by atoms with Crippen LogP contribution in [0.2, 0.25) is 0 Å². The molecule has 0 N–H and O–H groups in total. The smallest absolute Gasteiger partial charge is 0.272 e. The van der Waals surface area contributed by atoms with Gasteiger partial charge in [0.15, 0.2) is 16.7 Å². The highest BCUT2D eigenvalue weighted by Crippen LogP contribution is 2.34. The van der Waals surface area contributed by atoms with Crippen LogP contribution in [0.4, 0.5) is 0 Å². The van der Waals surface area contributed by atoms with Crippen LogP contribution in [0, 0.1) is 0 Å². The summed E-state index contributed by atoms with van der Waals surface area (Å²) in [5.41, 5.74) is 2.81. The summed E-state index contributed by atoms with van der Waals surface area (Å²) < 4.78 is 13.3. The topological polar surface area (TPSA) is 66.2 Å². The Morgan fingerprint density at radius 1 is 1.00 bits per heavy atom. The van der Waals surface area contributed by atoms with Crippen LogP contribution in [0.25, 0.3) is 20.4 Å². The number of rotatable bonds is 5. The van der Waals surface area contributed by atoms with Gasteiger partial charge in [0, 0.05) is 17.3 Å². The molecule has 0 aliphatic carbocycles. The van der Waals surface area contributed by atoms with Gasteiger partial charge in [-0.1, -0.05) is 48.2 Å². The number of thioether (sulfide) groups is 1. The molecule has 5 aromatic rings. The van der Waals surface area contributed by atoms with E-state index in [0.717, 1.165) is 32.8 Å². The third-order valence-corrected chi connectivity index (χ3v) is 7.44. The monoisotopic (exact) mass is 459 g/mol. The lowest BCUT2D eigenvalue weighted by Gasteiger charge is -2.13. The minimum Gasteiger partial charge on any atom is -0.454 e. The SMILES string of the molecule is O=c1c2sc3ncccc3c2nc(SCc2ccccc2)n1Cc1ccc2c(c1)OCO2. The molecule has 8 heteroatoms. The fourth-order valence-electron chi connectivity index (χ4n) is 3.73. The molecule has 0 spiro atoms. The molecule has 32 heavy (non-hydrogen) atoms. The molecule has 1 aliphatic heterocycles. The Balaban J connectivity index is 1.47. The Hall–Kier alpha value is -3.36. The van der Waals surface area contributed by atoms with Gasteiger partial charge in [0.1, 0.15) is 9.53 Å². The standard InChI is InChI=1S/C24H17N3O3S2/c28-23-21-20(17-7-4-10-25-22(17)32-21)26-24(31-13-15-5-2-1-3-6-15)27(23)12-16-8-9-18-19(11-16)30-14-29-18/h1-11H,12-14H2. The maximum Gasteiger partial charge on any atom is 0.272 e. The molecule has 1 aliphatic rings. The predicted octanol–water partition coefficient (Wildman–Crippen LogP) is 5.08. The zero-order chi connectivity index (χ0) is 21.5. The first-order valence-corrected chi connectivity index (χ1v) is 11.9. The lowest BCUT2D eigenvalue weighted by Crippen LogP contribution is -2.23. The first kappa shape index (κ1) is 19.3. The summed E-state index contributed by atoms with van der Waals surface area (Å²) in [5, 5.41) is 1.61. The van der Waals surface area contributed by atoms with Gasteiger partial charge in [0.25, 0.3) is 5.56 Å². The molecule has 0 atom stereocenters. The van der Waals surface area contributed by atoms with Gasteiger partial charge in [0.05, 0.1) is 12.1 Å². The van der Waals surface area contributed by atoms with Crippen molar-refractivity contribution in [2.45, 2.75) is 17.5 Å². The molecule has 0 amide bonds. The second-order valence-corrected chi connectivity index (χ2v) is 9.33. The van der Waals surface area contributed by atoms with Crippen molar-refractivity contribution >= 4 is 43.5 Å². The summed E-state index contributed by atoms with van der Waals surface area (Å²) in [6.45, 7) is 0.621. The van der Waals surface area contributed by atoms with E-state index in [2.05, 4.69) is 17.1 Å². The molecule has 6 rings (SSSR count). The van der Waals surface area contributed by atoms with Crippen LogP contribution >= 0.6 is 23.1 Å². The van der Waals surface area contributed by atoms with Crippen molar-refractivity contribution in [3.63, 3.8) is 0 Å². The van der Waals surface area contributed by atoms with E-state index >= 15 is 0 Å². The molecule has 4 heterocycles. The first-order valence-electron chi connectivity index (χ1n) is 10.1. The summed E-state index contributed by atoms with van der Waals surface area (Å²) in [5.74, 6) is 2.15. The number of hydrogen-bond donors (Lipinski definition) is 0. The second-order valence-electron chi connectivity index (χ2n) is 7.38. The van der Waals surface area contributed by atoms with Gasteiger partial charge in [-0.15, -0.1) is 11.3 Å². The molecule has 2 aromatic carbocycles. The molecule has 0 saturated heterocycles. The van der Waals surface area contributed by atoms with Gasteiger partial charge >= 0.3 is 0 Å². The Kier molecular flexibility index (Phi) is 4.81. The average molecular weight is 460 g/mol. The van der Waals surface area contributed by atoms with Crippen LogP contribution in [0.5, 0.6) is 11.5 Å². The fourth-order valence-corrected chi connectivity index (χ4v) is 5.71. The van der Waals surface area contributed by atoms with Crippen LogP contribution in [0.15, 0.2) is 76.8 Å². The number of nitrogens with zero attached hydrogens (tertiary/aromatic N) is 3. The molecule has 0 bridgehead atoms. The van der Waals surface area contributed by atoms with Gasteiger partial charge in [-0.2, -0.15) is 0 Å². The highest BCUT2D eigenvalue weighted by atomic mass is 32.2. The number of pyridine rings is 1. The molecule has 0 fully saturated rings. The van der Waals surface area contributed by atoms with Crippen LogP contribution in [0.1, 0.15) is 11.1 Å². The van der Waals surface area contributed by atoms with Gasteiger partial charge < -0.3 is 9.47 Å². The molecule has 158 valence electrons. The normalized spacial score (nSPS) is 12.6. The Morgan fingerprint density at radius 2 is 1.88 bits per heavy atom. The average Bonchev–Trinajstić information content (AvgIpc) is 3.45. The molecule has 0 saturated carbocycles. The highest BCUT2D eigenvalue weighted by molar-refractivity contribution is 7.98. The van der Waals surface area contributed by atoms with E-state index < -0.39 is 0 Å². The minimum atomic E-state index is -0.0498. The van der Waals surface area contributed by atoms with E-state index in [1.165, 1.54) is 16.9 Å². The van der Waals surface area contributed by atoms with E-state index in [-0.39, 0.29) is 12.4 Å². The molecular weight excluding hydrogens is 442 g/mol. The van der Waals surface area contributed by atoms with Crippen molar-refractivity contribution in [1.29, 1.82) is 0 Å². The van der Waals surface area contributed by atoms with Crippen molar-refractivity contribution in [2.24, 2.45) is 0 Å². The van der Waals surface area contributed by atoms with Crippen molar-refractivity contribution in [2.75, 3.05) is 6.79 Å². The number of fused-ring (bicyclic) bond motifs is 4. The van der Waals surface area contributed by atoms with E-state index in [0.29, 0.717) is 22.2 Å². The third kappa shape index (κ3) is 3.41. The van der Waals surface area contributed by atoms with Gasteiger partial charge in [-0.05, 0) is 35.4 Å². The summed E-state index contributed by atoms with van der Waals surface area (Å²) in [6.07, 6.45) is 1.74. The van der Waals surface area contributed by atoms with E-state index in [4.69, 9.17) is 14.5 Å². The molecule has 0 unspecified atom stereocenters. The van der Waals surface area contributed by atoms with Crippen molar-refractivity contribution < 1.29 is 9.47 Å². The van der Waals surface area contributed by atoms with Crippen molar-refractivity contribution in [3.8, 4) is 11.5 Å². The first-order chi connectivity index (χ1) is 15.8. The zero-order valence-corrected chi connectivity index (χ0v) is 18.5. The number of ether oxygens (including phenoxy) is 2. The Bertz CT molecular complexity index is 1510. The largest absolute Gasteiger partial charge is 0.454 e. The van der Waals surface area contributed by atoms with Gasteiger partial charge in [-0.3, -0.25) is 9.36 Å². The molecule has 3 aromatic heterocycles. The lowest BCUT2D eigenvalue weighted by atomic mass is 10.2. The Morgan fingerprint density at radius 3 is 2.78 bits per heavy atom. The molecule has 6 nitrogen and oxygen atoms in total. The fraction of sp³-hybridized carbons (Fsp3) is 0.125. The Labute approximate surface area is 191 Å². The van der Waals surface area contributed by atoms with Crippen LogP contribution < -0.4 is 15.0 Å².